The number of aromatic nitrogens is 3. The first-order chi connectivity index (χ1) is 16.1. The van der Waals surface area contributed by atoms with E-state index in [1.54, 1.807) is 12.4 Å². The van der Waals surface area contributed by atoms with Gasteiger partial charge in [-0.3, -0.25) is 4.79 Å². The lowest BCUT2D eigenvalue weighted by atomic mass is 10.0. The van der Waals surface area contributed by atoms with Crippen molar-refractivity contribution in [3.05, 3.63) is 76.3 Å². The minimum Gasteiger partial charge on any atom is -0.381 e. The zero-order chi connectivity index (χ0) is 23.2. The summed E-state index contributed by atoms with van der Waals surface area (Å²) in [6.07, 6.45) is 3.63. The van der Waals surface area contributed by atoms with Crippen molar-refractivity contribution < 1.29 is 9.53 Å². The number of nitrogens with one attached hydrogen (secondary N) is 1. The van der Waals surface area contributed by atoms with Crippen LogP contribution in [0, 0.1) is 6.92 Å². The number of amides is 1. The van der Waals surface area contributed by atoms with E-state index in [1.807, 2.05) is 35.8 Å². The fourth-order valence-corrected chi connectivity index (χ4v) is 4.62. The third-order valence-corrected chi connectivity index (χ3v) is 6.39. The Morgan fingerprint density at radius 1 is 1.24 bits per heavy atom. The molecule has 1 saturated heterocycles. The molecular formula is C25H30ClN5O2. The Morgan fingerprint density at radius 3 is 2.73 bits per heavy atom. The highest BCUT2D eigenvalue weighted by molar-refractivity contribution is 6.31. The summed E-state index contributed by atoms with van der Waals surface area (Å²) in [7, 11) is 0. The van der Waals surface area contributed by atoms with Gasteiger partial charge < -0.3 is 19.5 Å². The van der Waals surface area contributed by atoms with E-state index in [4.69, 9.17) is 16.3 Å². The van der Waals surface area contributed by atoms with Gasteiger partial charge in [0.05, 0.1) is 13.1 Å². The van der Waals surface area contributed by atoms with Crippen LogP contribution in [0.3, 0.4) is 0 Å². The lowest BCUT2D eigenvalue weighted by Gasteiger charge is -2.36. The number of halogens is 1. The van der Waals surface area contributed by atoms with E-state index in [0.29, 0.717) is 29.0 Å². The number of anilines is 1. The van der Waals surface area contributed by atoms with Crippen molar-refractivity contribution in [2.75, 3.05) is 24.7 Å². The lowest BCUT2D eigenvalue weighted by molar-refractivity contribution is 0.0846. The number of hydrogen-bond acceptors (Lipinski definition) is 5. The van der Waals surface area contributed by atoms with Gasteiger partial charge in [0.2, 0.25) is 0 Å². The van der Waals surface area contributed by atoms with Crippen LogP contribution in [0.4, 0.5) is 5.69 Å². The summed E-state index contributed by atoms with van der Waals surface area (Å²) in [5.41, 5.74) is 3.66. The van der Waals surface area contributed by atoms with Gasteiger partial charge in [-0.15, -0.1) is 10.2 Å². The van der Waals surface area contributed by atoms with Gasteiger partial charge in [0.15, 0.2) is 5.82 Å². The number of rotatable bonds is 8. The Balaban J connectivity index is 1.49. The normalized spacial score (nSPS) is 14.3. The fourth-order valence-electron chi connectivity index (χ4n) is 4.40. The average molecular weight is 468 g/mol. The first kappa shape index (κ1) is 23.3. The van der Waals surface area contributed by atoms with Gasteiger partial charge in [-0.05, 0) is 49.9 Å². The molecule has 7 nitrogen and oxygen atoms in total. The standard InChI is InChI=1S/C25H30ClN5O2/c1-3-31(21-9-11-33-12-10-21)23-14-20(26)13-22(18(23)2)25(32)27-15-24-29-28-17-30(24)16-19-7-5-4-6-8-19/h4-8,13-14,17,21H,3,9-12,15-16H2,1-2H3,(H,27,32). The molecule has 2 aromatic carbocycles. The van der Waals surface area contributed by atoms with Gasteiger partial charge in [-0.2, -0.15) is 0 Å². The fraction of sp³-hybridized carbons (Fsp3) is 0.400. The number of hydrogen-bond donors (Lipinski definition) is 1. The van der Waals surface area contributed by atoms with Crippen molar-refractivity contribution in [1.29, 1.82) is 0 Å². The van der Waals surface area contributed by atoms with E-state index in [0.717, 1.165) is 49.4 Å². The number of ether oxygens (including phenoxy) is 1. The van der Waals surface area contributed by atoms with E-state index in [2.05, 4.69) is 39.5 Å². The van der Waals surface area contributed by atoms with Crippen molar-refractivity contribution in [2.45, 2.75) is 45.8 Å². The molecule has 3 aromatic rings. The minimum atomic E-state index is -0.173. The second-order valence-electron chi connectivity index (χ2n) is 8.27. The maximum absolute atomic E-state index is 13.2. The average Bonchev–Trinajstić information content (AvgIpc) is 3.28. The predicted octanol–water partition coefficient (Wildman–Crippen LogP) is 4.22. The molecule has 0 spiro atoms. The van der Waals surface area contributed by atoms with Crippen molar-refractivity contribution in [3.8, 4) is 0 Å². The molecule has 8 heteroatoms. The summed E-state index contributed by atoms with van der Waals surface area (Å²) < 4.78 is 7.47. The van der Waals surface area contributed by atoms with Crippen molar-refractivity contribution in [3.63, 3.8) is 0 Å². The maximum Gasteiger partial charge on any atom is 0.252 e. The highest BCUT2D eigenvalue weighted by Gasteiger charge is 2.24. The van der Waals surface area contributed by atoms with Gasteiger partial charge in [0, 0.05) is 42.1 Å². The van der Waals surface area contributed by atoms with E-state index in [1.165, 1.54) is 0 Å². The molecule has 0 bridgehead atoms. The second-order valence-corrected chi connectivity index (χ2v) is 8.71. The first-order valence-corrected chi connectivity index (χ1v) is 11.8. The highest BCUT2D eigenvalue weighted by Crippen LogP contribution is 2.31. The SMILES string of the molecule is CCN(c1cc(Cl)cc(C(=O)NCc2nncn2Cc2ccccc2)c1C)C1CCOCC1. The third-order valence-electron chi connectivity index (χ3n) is 6.17. The van der Waals surface area contributed by atoms with Gasteiger partial charge in [0.1, 0.15) is 6.33 Å². The summed E-state index contributed by atoms with van der Waals surface area (Å²) in [4.78, 5) is 15.5. The van der Waals surface area contributed by atoms with Crippen LogP contribution in [-0.4, -0.2) is 46.5 Å². The Bertz CT molecular complexity index is 1080. The molecule has 0 aliphatic carbocycles. The van der Waals surface area contributed by atoms with E-state index < -0.39 is 0 Å². The molecule has 1 amide bonds. The summed E-state index contributed by atoms with van der Waals surface area (Å²) in [5.74, 6) is 0.526. The van der Waals surface area contributed by atoms with E-state index >= 15 is 0 Å². The van der Waals surface area contributed by atoms with Crippen molar-refractivity contribution >= 4 is 23.2 Å². The molecule has 4 rings (SSSR count). The Morgan fingerprint density at radius 2 is 2.00 bits per heavy atom. The molecule has 1 N–H and O–H groups in total. The molecule has 0 unspecified atom stereocenters. The molecule has 174 valence electrons. The Labute approximate surface area is 199 Å². The monoisotopic (exact) mass is 467 g/mol. The van der Waals surface area contributed by atoms with Gasteiger partial charge >= 0.3 is 0 Å². The molecular weight excluding hydrogens is 438 g/mol. The number of nitrogens with zero attached hydrogens (tertiary/aromatic N) is 4. The third kappa shape index (κ3) is 5.54. The van der Waals surface area contributed by atoms with Crippen molar-refractivity contribution in [1.82, 2.24) is 20.1 Å². The van der Waals surface area contributed by atoms with Crippen molar-refractivity contribution in [2.24, 2.45) is 0 Å². The zero-order valence-corrected chi connectivity index (χ0v) is 19.9. The number of carbonyl (C=O) groups is 1. The quantitative estimate of drug-likeness (QED) is 0.537. The predicted molar refractivity (Wildman–Crippen MR) is 130 cm³/mol. The van der Waals surface area contributed by atoms with Gasteiger partial charge in [-0.25, -0.2) is 0 Å². The molecule has 1 fully saturated rings. The molecule has 0 saturated carbocycles. The smallest absolute Gasteiger partial charge is 0.252 e. The molecule has 0 radical (unpaired) electrons. The van der Waals surface area contributed by atoms with Crippen LogP contribution in [0.25, 0.3) is 0 Å². The molecule has 2 heterocycles. The van der Waals surface area contributed by atoms with Crippen LogP contribution >= 0.6 is 11.6 Å². The molecule has 33 heavy (non-hydrogen) atoms. The van der Waals surface area contributed by atoms with Gasteiger partial charge in [-0.1, -0.05) is 41.9 Å². The zero-order valence-electron chi connectivity index (χ0n) is 19.1. The Hall–Kier alpha value is -2.90. The Kier molecular flexibility index (Phi) is 7.62. The second kappa shape index (κ2) is 10.8. The number of carbonyl (C=O) groups excluding carboxylic acids is 1. The molecule has 1 aliphatic rings. The summed E-state index contributed by atoms with van der Waals surface area (Å²) in [6.45, 7) is 7.42. The van der Waals surface area contributed by atoms with Crippen LogP contribution in [0.1, 0.15) is 47.1 Å². The van der Waals surface area contributed by atoms with Gasteiger partial charge in [0.25, 0.3) is 5.91 Å². The summed E-state index contributed by atoms with van der Waals surface area (Å²) in [6, 6.07) is 14.2. The topological polar surface area (TPSA) is 72.3 Å². The molecule has 1 aromatic heterocycles. The highest BCUT2D eigenvalue weighted by atomic mass is 35.5. The maximum atomic E-state index is 13.2. The van der Waals surface area contributed by atoms with E-state index in [9.17, 15) is 4.79 Å². The number of benzene rings is 2. The first-order valence-electron chi connectivity index (χ1n) is 11.4. The minimum absolute atomic E-state index is 0.173. The lowest BCUT2D eigenvalue weighted by Crippen LogP contribution is -2.40. The van der Waals surface area contributed by atoms with Crippen LogP contribution in [-0.2, 0) is 17.8 Å². The van der Waals surface area contributed by atoms with Crippen LogP contribution < -0.4 is 10.2 Å². The van der Waals surface area contributed by atoms with E-state index in [-0.39, 0.29) is 12.5 Å². The van der Waals surface area contributed by atoms with Crippen LogP contribution in [0.5, 0.6) is 0 Å². The summed E-state index contributed by atoms with van der Waals surface area (Å²) in [5, 5.41) is 11.8. The molecule has 1 aliphatic heterocycles. The largest absolute Gasteiger partial charge is 0.381 e. The van der Waals surface area contributed by atoms with Crippen LogP contribution in [0.2, 0.25) is 5.02 Å². The molecule has 0 atom stereocenters. The van der Waals surface area contributed by atoms with Crippen LogP contribution in [0.15, 0.2) is 48.8 Å². The summed E-state index contributed by atoms with van der Waals surface area (Å²) >= 11 is 6.46.